The Morgan fingerprint density at radius 2 is 2.05 bits per heavy atom. The number of hydrogen-bond donors (Lipinski definition) is 1. The van der Waals surface area contributed by atoms with Crippen molar-refractivity contribution in [3.8, 4) is 0 Å². The van der Waals surface area contributed by atoms with Crippen molar-refractivity contribution in [1.82, 2.24) is 0 Å². The van der Waals surface area contributed by atoms with Gasteiger partial charge in [-0.1, -0.05) is 30.3 Å². The molecule has 0 saturated heterocycles. The van der Waals surface area contributed by atoms with Gasteiger partial charge in [-0.05, 0) is 43.6 Å². The second-order valence-electron chi connectivity index (χ2n) is 5.47. The molecule has 2 N–H and O–H groups in total. The maximum Gasteiger partial charge on any atom is 0.313 e. The summed E-state index contributed by atoms with van der Waals surface area (Å²) in [5.74, 6) is 0.311. The minimum absolute atomic E-state index is 0.120. The van der Waals surface area contributed by atoms with Gasteiger partial charge >= 0.3 is 5.97 Å². The lowest BCUT2D eigenvalue weighted by atomic mass is 9.77. The lowest BCUT2D eigenvalue weighted by Gasteiger charge is -2.29. The average molecular weight is 261 g/mol. The number of carbonyl (C=O) groups excluding carboxylic acids is 1. The Kier molecular flexibility index (Phi) is 4.59. The maximum absolute atomic E-state index is 12.1. The van der Waals surface area contributed by atoms with Gasteiger partial charge in [0.05, 0.1) is 12.5 Å². The lowest BCUT2D eigenvalue weighted by molar-refractivity contribution is -0.154. The first-order valence-corrected chi connectivity index (χ1v) is 7.05. The minimum atomic E-state index is -0.441. The first kappa shape index (κ1) is 14.1. The van der Waals surface area contributed by atoms with E-state index in [0.717, 1.165) is 32.1 Å². The zero-order valence-electron chi connectivity index (χ0n) is 11.6. The molecule has 1 saturated carbocycles. The molecule has 0 heterocycles. The Balaban J connectivity index is 1.95. The molecule has 19 heavy (non-hydrogen) atoms. The molecule has 104 valence electrons. The van der Waals surface area contributed by atoms with E-state index in [4.69, 9.17) is 10.5 Å². The normalized spacial score (nSPS) is 17.8. The van der Waals surface area contributed by atoms with E-state index >= 15 is 0 Å². The SMILES string of the molecule is COC(=O)C(CN)(CCCc1ccccc1)C1CC1. The minimum Gasteiger partial charge on any atom is -0.469 e. The van der Waals surface area contributed by atoms with Crippen molar-refractivity contribution in [3.05, 3.63) is 35.9 Å². The van der Waals surface area contributed by atoms with Crippen LogP contribution >= 0.6 is 0 Å². The van der Waals surface area contributed by atoms with Crippen molar-refractivity contribution in [2.75, 3.05) is 13.7 Å². The van der Waals surface area contributed by atoms with E-state index in [9.17, 15) is 4.79 Å². The molecule has 2 rings (SSSR count). The number of methoxy groups -OCH3 is 1. The monoisotopic (exact) mass is 261 g/mol. The molecule has 0 bridgehead atoms. The van der Waals surface area contributed by atoms with Crippen LogP contribution in [0, 0.1) is 11.3 Å². The van der Waals surface area contributed by atoms with E-state index in [0.29, 0.717) is 12.5 Å². The van der Waals surface area contributed by atoms with Crippen molar-refractivity contribution < 1.29 is 9.53 Å². The van der Waals surface area contributed by atoms with Crippen LogP contribution < -0.4 is 5.73 Å². The van der Waals surface area contributed by atoms with Gasteiger partial charge in [0.25, 0.3) is 0 Å². The summed E-state index contributed by atoms with van der Waals surface area (Å²) < 4.78 is 4.99. The summed E-state index contributed by atoms with van der Waals surface area (Å²) in [6, 6.07) is 10.4. The van der Waals surface area contributed by atoms with Crippen LogP contribution in [0.25, 0.3) is 0 Å². The van der Waals surface area contributed by atoms with E-state index in [1.54, 1.807) is 0 Å². The van der Waals surface area contributed by atoms with E-state index in [1.165, 1.54) is 12.7 Å². The first-order chi connectivity index (χ1) is 9.23. The number of hydrogen-bond acceptors (Lipinski definition) is 3. The molecule has 1 fully saturated rings. The molecule has 1 aliphatic carbocycles. The van der Waals surface area contributed by atoms with Gasteiger partial charge in [0.15, 0.2) is 0 Å². The van der Waals surface area contributed by atoms with Crippen LogP contribution in [0.4, 0.5) is 0 Å². The van der Waals surface area contributed by atoms with Crippen molar-refractivity contribution in [1.29, 1.82) is 0 Å². The van der Waals surface area contributed by atoms with Gasteiger partial charge in [0.1, 0.15) is 0 Å². The van der Waals surface area contributed by atoms with Crippen LogP contribution in [-0.2, 0) is 16.0 Å². The number of ether oxygens (including phenoxy) is 1. The highest BCUT2D eigenvalue weighted by molar-refractivity contribution is 5.78. The van der Waals surface area contributed by atoms with Crippen LogP contribution in [0.2, 0.25) is 0 Å². The molecule has 1 unspecified atom stereocenters. The van der Waals surface area contributed by atoms with Gasteiger partial charge in [-0.25, -0.2) is 0 Å². The van der Waals surface area contributed by atoms with E-state index in [-0.39, 0.29) is 5.97 Å². The zero-order chi connectivity index (χ0) is 13.7. The molecule has 0 aliphatic heterocycles. The molecule has 1 aromatic carbocycles. The summed E-state index contributed by atoms with van der Waals surface area (Å²) in [5, 5.41) is 0. The van der Waals surface area contributed by atoms with E-state index in [1.807, 2.05) is 18.2 Å². The van der Waals surface area contributed by atoms with Crippen LogP contribution in [0.3, 0.4) is 0 Å². The van der Waals surface area contributed by atoms with Crippen LogP contribution in [0.5, 0.6) is 0 Å². The molecular formula is C16H23NO2. The number of carbonyl (C=O) groups is 1. The third-order valence-electron chi connectivity index (χ3n) is 4.25. The van der Waals surface area contributed by atoms with Gasteiger partial charge in [-0.3, -0.25) is 4.79 Å². The third kappa shape index (κ3) is 3.16. The van der Waals surface area contributed by atoms with Crippen molar-refractivity contribution in [2.45, 2.75) is 32.1 Å². The van der Waals surface area contributed by atoms with Crippen LogP contribution in [0.15, 0.2) is 30.3 Å². The molecule has 3 nitrogen and oxygen atoms in total. The highest BCUT2D eigenvalue weighted by atomic mass is 16.5. The summed E-state index contributed by atoms with van der Waals surface area (Å²) in [6.45, 7) is 0.402. The Hall–Kier alpha value is -1.35. The topological polar surface area (TPSA) is 52.3 Å². The standard InChI is InChI=1S/C16H23NO2/c1-19-15(18)16(12-17,14-9-10-14)11-5-8-13-6-3-2-4-7-13/h2-4,6-7,14H,5,8-12,17H2,1H3. The molecule has 0 spiro atoms. The Labute approximate surface area is 115 Å². The van der Waals surface area contributed by atoms with Crippen LogP contribution in [0.1, 0.15) is 31.2 Å². The summed E-state index contributed by atoms with van der Waals surface area (Å²) in [5.41, 5.74) is 6.78. The molecule has 0 amide bonds. The Morgan fingerprint density at radius 1 is 1.37 bits per heavy atom. The summed E-state index contributed by atoms with van der Waals surface area (Å²) in [6.07, 6.45) is 5.02. The van der Waals surface area contributed by atoms with Crippen LogP contribution in [-0.4, -0.2) is 19.6 Å². The molecular weight excluding hydrogens is 238 g/mol. The Bertz CT molecular complexity index is 414. The molecule has 1 atom stereocenters. The fraction of sp³-hybridized carbons (Fsp3) is 0.562. The molecule has 3 heteroatoms. The fourth-order valence-electron chi connectivity index (χ4n) is 2.92. The predicted octanol–water partition coefficient (Wildman–Crippen LogP) is 2.54. The summed E-state index contributed by atoms with van der Waals surface area (Å²) in [7, 11) is 1.46. The van der Waals surface area contributed by atoms with Gasteiger partial charge in [0.2, 0.25) is 0 Å². The quantitative estimate of drug-likeness (QED) is 0.767. The predicted molar refractivity (Wildman–Crippen MR) is 75.6 cm³/mol. The van der Waals surface area contributed by atoms with Crippen molar-refractivity contribution >= 4 is 5.97 Å². The maximum atomic E-state index is 12.1. The Morgan fingerprint density at radius 3 is 2.58 bits per heavy atom. The highest BCUT2D eigenvalue weighted by Gasteiger charge is 2.50. The second kappa shape index (κ2) is 6.20. The number of rotatable bonds is 7. The smallest absolute Gasteiger partial charge is 0.313 e. The van der Waals surface area contributed by atoms with Crippen molar-refractivity contribution in [3.63, 3.8) is 0 Å². The molecule has 0 aromatic heterocycles. The van der Waals surface area contributed by atoms with E-state index in [2.05, 4.69) is 12.1 Å². The highest BCUT2D eigenvalue weighted by Crippen LogP contribution is 2.48. The number of benzene rings is 1. The van der Waals surface area contributed by atoms with Gasteiger partial charge < -0.3 is 10.5 Å². The molecule has 1 aromatic rings. The zero-order valence-corrected chi connectivity index (χ0v) is 11.6. The number of nitrogens with two attached hydrogens (primary N) is 1. The molecule has 1 aliphatic rings. The molecule has 0 radical (unpaired) electrons. The van der Waals surface area contributed by atoms with Crippen molar-refractivity contribution in [2.24, 2.45) is 17.1 Å². The first-order valence-electron chi connectivity index (χ1n) is 7.05. The van der Waals surface area contributed by atoms with Gasteiger partial charge in [-0.15, -0.1) is 0 Å². The van der Waals surface area contributed by atoms with Gasteiger partial charge in [0, 0.05) is 6.54 Å². The van der Waals surface area contributed by atoms with E-state index < -0.39 is 5.41 Å². The summed E-state index contributed by atoms with van der Waals surface area (Å²) in [4.78, 5) is 12.1. The fourth-order valence-corrected chi connectivity index (χ4v) is 2.92. The summed E-state index contributed by atoms with van der Waals surface area (Å²) >= 11 is 0. The number of aryl methyl sites for hydroxylation is 1. The largest absolute Gasteiger partial charge is 0.469 e. The van der Waals surface area contributed by atoms with Gasteiger partial charge in [-0.2, -0.15) is 0 Å². The average Bonchev–Trinajstić information content (AvgIpc) is 3.29. The lowest BCUT2D eigenvalue weighted by Crippen LogP contribution is -2.41. The number of esters is 1. The second-order valence-corrected chi connectivity index (χ2v) is 5.47. The third-order valence-corrected chi connectivity index (χ3v) is 4.25.